The maximum absolute atomic E-state index is 11.3. The van der Waals surface area contributed by atoms with Crippen LogP contribution in [0.1, 0.15) is 18.9 Å². The van der Waals surface area contributed by atoms with Crippen LogP contribution in [0.2, 0.25) is 0 Å². The summed E-state index contributed by atoms with van der Waals surface area (Å²) < 4.78 is 11.9. The standard InChI is InChI=1S/C21H24N6O3/c1-14(29-2)26-10-8-18(9-11-26)27-20-16(13-23-27)12-22-19(25-20)15-4-6-17(7-5-15)24-21(28)30-3/h4-7,12-13,18H,1,8-11H2,2-3H3,(H,24,28). The number of likely N-dealkylation sites (tertiary alicyclic amines) is 1. The van der Waals surface area contributed by atoms with Crippen LogP contribution in [0.25, 0.3) is 22.4 Å². The van der Waals surface area contributed by atoms with Gasteiger partial charge in [-0.3, -0.25) is 5.32 Å². The van der Waals surface area contributed by atoms with Crippen LogP contribution in [0.3, 0.4) is 0 Å². The molecule has 3 heterocycles. The van der Waals surface area contributed by atoms with Crippen molar-refractivity contribution in [2.75, 3.05) is 32.6 Å². The maximum atomic E-state index is 11.3. The zero-order chi connectivity index (χ0) is 21.1. The molecule has 0 unspecified atom stereocenters. The number of amides is 1. The van der Waals surface area contributed by atoms with Gasteiger partial charge in [-0.05, 0) is 43.7 Å². The average molecular weight is 408 g/mol. The maximum Gasteiger partial charge on any atom is 0.411 e. The van der Waals surface area contributed by atoms with Crippen molar-refractivity contribution in [3.05, 3.63) is 49.1 Å². The SMILES string of the molecule is C=C(OC)N1CCC(n2ncc3cnc(-c4ccc(NC(=O)OC)cc4)nc32)CC1. The summed E-state index contributed by atoms with van der Waals surface area (Å²) in [6.45, 7) is 5.67. The van der Waals surface area contributed by atoms with Gasteiger partial charge >= 0.3 is 6.09 Å². The van der Waals surface area contributed by atoms with Crippen molar-refractivity contribution in [2.24, 2.45) is 0 Å². The zero-order valence-corrected chi connectivity index (χ0v) is 17.0. The Morgan fingerprint density at radius 3 is 2.53 bits per heavy atom. The zero-order valence-electron chi connectivity index (χ0n) is 17.0. The molecule has 0 spiro atoms. The summed E-state index contributed by atoms with van der Waals surface area (Å²) in [4.78, 5) is 22.7. The number of aromatic nitrogens is 4. The van der Waals surface area contributed by atoms with Crippen LogP contribution in [-0.2, 0) is 9.47 Å². The molecule has 0 bridgehead atoms. The van der Waals surface area contributed by atoms with E-state index in [1.807, 2.05) is 23.0 Å². The summed E-state index contributed by atoms with van der Waals surface area (Å²) in [6, 6.07) is 7.56. The van der Waals surface area contributed by atoms with Crippen LogP contribution in [0.4, 0.5) is 10.5 Å². The van der Waals surface area contributed by atoms with Gasteiger partial charge in [-0.2, -0.15) is 5.10 Å². The molecule has 2 aromatic heterocycles. The van der Waals surface area contributed by atoms with E-state index in [1.165, 1.54) is 7.11 Å². The third kappa shape index (κ3) is 3.91. The predicted molar refractivity (Wildman–Crippen MR) is 113 cm³/mol. The number of hydrogen-bond acceptors (Lipinski definition) is 7. The van der Waals surface area contributed by atoms with Crippen LogP contribution in [0, 0.1) is 0 Å². The minimum absolute atomic E-state index is 0.262. The molecule has 0 saturated carbocycles. The lowest BCUT2D eigenvalue weighted by atomic mass is 10.1. The molecule has 1 fully saturated rings. The van der Waals surface area contributed by atoms with E-state index in [0.717, 1.165) is 42.5 Å². The van der Waals surface area contributed by atoms with Crippen molar-refractivity contribution < 1.29 is 14.3 Å². The fourth-order valence-electron chi connectivity index (χ4n) is 3.60. The van der Waals surface area contributed by atoms with Crippen LogP contribution in [0.15, 0.2) is 49.1 Å². The molecule has 1 aliphatic rings. The molecular formula is C21H24N6O3. The van der Waals surface area contributed by atoms with Gasteiger partial charge in [0, 0.05) is 30.5 Å². The molecule has 1 saturated heterocycles. The molecule has 3 aromatic rings. The first kappa shape index (κ1) is 19.7. The van der Waals surface area contributed by atoms with E-state index in [2.05, 4.69) is 31.6 Å². The lowest BCUT2D eigenvalue weighted by Crippen LogP contribution is -2.34. The fraction of sp³-hybridized carbons (Fsp3) is 0.333. The third-order valence-corrected chi connectivity index (χ3v) is 5.31. The van der Waals surface area contributed by atoms with Gasteiger partial charge in [-0.15, -0.1) is 0 Å². The Labute approximate surface area is 174 Å². The van der Waals surface area contributed by atoms with E-state index in [4.69, 9.17) is 9.72 Å². The second kappa shape index (κ2) is 8.40. The third-order valence-electron chi connectivity index (χ3n) is 5.31. The highest BCUT2D eigenvalue weighted by molar-refractivity contribution is 5.85. The molecule has 1 aliphatic heterocycles. The van der Waals surface area contributed by atoms with Gasteiger partial charge in [0.2, 0.25) is 0 Å². The van der Waals surface area contributed by atoms with E-state index in [-0.39, 0.29) is 6.04 Å². The number of nitrogens with one attached hydrogen (secondary N) is 1. The van der Waals surface area contributed by atoms with E-state index < -0.39 is 6.09 Å². The molecule has 0 atom stereocenters. The summed E-state index contributed by atoms with van der Waals surface area (Å²) >= 11 is 0. The normalized spacial score (nSPS) is 14.5. The van der Waals surface area contributed by atoms with E-state index in [0.29, 0.717) is 17.4 Å². The molecule has 9 nitrogen and oxygen atoms in total. The molecule has 30 heavy (non-hydrogen) atoms. The number of carbonyl (C=O) groups is 1. The number of nitrogens with zero attached hydrogens (tertiary/aromatic N) is 5. The lowest BCUT2D eigenvalue weighted by molar-refractivity contribution is 0.118. The van der Waals surface area contributed by atoms with Gasteiger partial charge in [-0.1, -0.05) is 0 Å². The molecular weight excluding hydrogens is 384 g/mol. The minimum atomic E-state index is -0.510. The minimum Gasteiger partial charge on any atom is -0.483 e. The molecule has 1 aromatic carbocycles. The first-order valence-electron chi connectivity index (χ1n) is 9.72. The number of methoxy groups -OCH3 is 2. The Kier molecular flexibility index (Phi) is 5.51. The van der Waals surface area contributed by atoms with Crippen molar-refractivity contribution in [1.82, 2.24) is 24.6 Å². The fourth-order valence-corrected chi connectivity index (χ4v) is 3.60. The second-order valence-electron chi connectivity index (χ2n) is 7.07. The molecule has 0 radical (unpaired) electrons. The average Bonchev–Trinajstić information content (AvgIpc) is 3.22. The van der Waals surface area contributed by atoms with Gasteiger partial charge in [-0.25, -0.2) is 19.4 Å². The van der Waals surface area contributed by atoms with Crippen molar-refractivity contribution in [2.45, 2.75) is 18.9 Å². The Morgan fingerprint density at radius 1 is 1.13 bits per heavy atom. The molecule has 156 valence electrons. The number of rotatable bonds is 5. The van der Waals surface area contributed by atoms with Gasteiger partial charge in [0.1, 0.15) is 0 Å². The number of benzene rings is 1. The van der Waals surface area contributed by atoms with Crippen LogP contribution in [0.5, 0.6) is 0 Å². The monoisotopic (exact) mass is 408 g/mol. The Bertz CT molecular complexity index is 1050. The van der Waals surface area contributed by atoms with Gasteiger partial charge in [0.15, 0.2) is 17.4 Å². The van der Waals surface area contributed by atoms with Crippen molar-refractivity contribution in [1.29, 1.82) is 0 Å². The summed E-state index contributed by atoms with van der Waals surface area (Å²) in [5.41, 5.74) is 2.31. The molecule has 0 aliphatic carbocycles. The van der Waals surface area contributed by atoms with Crippen LogP contribution in [-0.4, -0.2) is 58.1 Å². The van der Waals surface area contributed by atoms with Gasteiger partial charge in [0.25, 0.3) is 0 Å². The topological polar surface area (TPSA) is 94.4 Å². The number of ether oxygens (including phenoxy) is 2. The van der Waals surface area contributed by atoms with Gasteiger partial charge in [0.05, 0.1) is 31.8 Å². The summed E-state index contributed by atoms with van der Waals surface area (Å²) in [5, 5.41) is 8.12. The second-order valence-corrected chi connectivity index (χ2v) is 7.07. The molecule has 1 amide bonds. The Balaban J connectivity index is 1.55. The molecule has 1 N–H and O–H groups in total. The van der Waals surface area contributed by atoms with E-state index in [1.54, 1.807) is 25.4 Å². The number of piperidine rings is 1. The van der Waals surface area contributed by atoms with Crippen molar-refractivity contribution >= 4 is 22.8 Å². The van der Waals surface area contributed by atoms with E-state index >= 15 is 0 Å². The van der Waals surface area contributed by atoms with Crippen molar-refractivity contribution in [3.63, 3.8) is 0 Å². The van der Waals surface area contributed by atoms with Gasteiger partial charge < -0.3 is 14.4 Å². The smallest absolute Gasteiger partial charge is 0.411 e. The number of anilines is 1. The highest BCUT2D eigenvalue weighted by Gasteiger charge is 2.24. The quantitative estimate of drug-likeness (QED) is 0.646. The van der Waals surface area contributed by atoms with Crippen molar-refractivity contribution in [3.8, 4) is 11.4 Å². The largest absolute Gasteiger partial charge is 0.483 e. The highest BCUT2D eigenvalue weighted by atomic mass is 16.5. The highest BCUT2D eigenvalue weighted by Crippen LogP contribution is 2.28. The molecule has 9 heteroatoms. The first-order valence-corrected chi connectivity index (χ1v) is 9.72. The predicted octanol–water partition coefficient (Wildman–Crippen LogP) is 3.43. The molecule has 4 rings (SSSR count). The Morgan fingerprint density at radius 2 is 1.87 bits per heavy atom. The van der Waals surface area contributed by atoms with Crippen LogP contribution >= 0.6 is 0 Å². The first-order chi connectivity index (χ1) is 14.6. The number of carbonyl (C=O) groups excluding carboxylic acids is 1. The van der Waals surface area contributed by atoms with Crippen LogP contribution < -0.4 is 5.32 Å². The lowest BCUT2D eigenvalue weighted by Gasteiger charge is -2.33. The Hall–Kier alpha value is -3.62. The van der Waals surface area contributed by atoms with E-state index in [9.17, 15) is 4.79 Å². The summed E-state index contributed by atoms with van der Waals surface area (Å²) in [7, 11) is 2.97. The summed E-state index contributed by atoms with van der Waals surface area (Å²) in [6.07, 6.45) is 4.97. The summed E-state index contributed by atoms with van der Waals surface area (Å²) in [5.74, 6) is 1.31. The number of fused-ring (bicyclic) bond motifs is 1. The number of hydrogen-bond donors (Lipinski definition) is 1.